The molecule has 0 aliphatic carbocycles. The van der Waals surface area contributed by atoms with Gasteiger partial charge in [0.25, 0.3) is 10.0 Å². The van der Waals surface area contributed by atoms with Crippen LogP contribution >= 0.6 is 0 Å². The Morgan fingerprint density at radius 1 is 0.792 bits per heavy atom. The van der Waals surface area contributed by atoms with Gasteiger partial charge < -0.3 is 9.47 Å². The molecule has 0 aliphatic heterocycles. The van der Waals surface area contributed by atoms with E-state index in [0.717, 1.165) is 22.3 Å². The first kappa shape index (κ1) is 18.1. The van der Waals surface area contributed by atoms with E-state index in [1.54, 1.807) is 33.1 Å². The Bertz CT molecular complexity index is 850. The molecule has 0 heterocycles. The molecule has 0 saturated heterocycles. The zero-order valence-electron chi connectivity index (χ0n) is 14.9. The van der Waals surface area contributed by atoms with Gasteiger partial charge in [-0.05, 0) is 50.5 Å². The molecule has 0 bridgehead atoms. The van der Waals surface area contributed by atoms with Crippen LogP contribution in [0.25, 0.3) is 0 Å². The van der Waals surface area contributed by atoms with Crippen molar-refractivity contribution in [3.63, 3.8) is 0 Å². The number of sulfonamides is 1. The van der Waals surface area contributed by atoms with Crippen molar-refractivity contribution in [2.45, 2.75) is 32.6 Å². The first-order valence-corrected chi connectivity index (χ1v) is 9.01. The molecule has 2 rings (SSSR count). The maximum absolute atomic E-state index is 12.9. The molecule has 0 unspecified atom stereocenters. The molecular weight excluding hydrogens is 326 g/mol. The minimum absolute atomic E-state index is 0.308. The van der Waals surface area contributed by atoms with E-state index in [0.29, 0.717) is 22.1 Å². The fourth-order valence-corrected chi connectivity index (χ4v) is 4.45. The number of hydrogen-bond donors (Lipinski definition) is 1. The number of aryl methyl sites for hydroxylation is 4. The maximum atomic E-state index is 12.9. The number of anilines is 1. The van der Waals surface area contributed by atoms with Crippen LogP contribution < -0.4 is 14.2 Å². The van der Waals surface area contributed by atoms with E-state index in [4.69, 9.17) is 9.47 Å². The molecule has 130 valence electrons. The lowest BCUT2D eigenvalue weighted by Gasteiger charge is -2.17. The van der Waals surface area contributed by atoms with Crippen LogP contribution in [0.2, 0.25) is 0 Å². The minimum atomic E-state index is -3.70. The summed E-state index contributed by atoms with van der Waals surface area (Å²) in [5.41, 5.74) is 3.69. The lowest BCUT2D eigenvalue weighted by atomic mass is 10.1. The fourth-order valence-electron chi connectivity index (χ4n) is 2.88. The summed E-state index contributed by atoms with van der Waals surface area (Å²) in [7, 11) is -0.649. The van der Waals surface area contributed by atoms with Gasteiger partial charge in [0, 0.05) is 6.07 Å². The molecule has 2 aromatic carbocycles. The van der Waals surface area contributed by atoms with Gasteiger partial charge in [-0.15, -0.1) is 0 Å². The fraction of sp³-hybridized carbons (Fsp3) is 0.333. The van der Waals surface area contributed by atoms with Gasteiger partial charge in [-0.2, -0.15) is 0 Å². The van der Waals surface area contributed by atoms with Gasteiger partial charge in [-0.3, -0.25) is 4.72 Å². The van der Waals surface area contributed by atoms with E-state index in [-0.39, 0.29) is 0 Å². The summed E-state index contributed by atoms with van der Waals surface area (Å²) in [6, 6.07) is 7.10. The number of rotatable bonds is 5. The van der Waals surface area contributed by atoms with Crippen molar-refractivity contribution in [2.24, 2.45) is 0 Å². The van der Waals surface area contributed by atoms with E-state index in [1.165, 1.54) is 7.11 Å². The first-order chi connectivity index (χ1) is 11.2. The molecular formula is C18H23NO4S. The molecule has 0 amide bonds. The Kier molecular flexibility index (Phi) is 5.08. The van der Waals surface area contributed by atoms with Crippen LogP contribution in [0.15, 0.2) is 29.2 Å². The normalized spacial score (nSPS) is 11.2. The monoisotopic (exact) mass is 349 g/mol. The summed E-state index contributed by atoms with van der Waals surface area (Å²) in [4.78, 5) is 0.308. The predicted molar refractivity (Wildman–Crippen MR) is 95.7 cm³/mol. The number of hydrogen-bond acceptors (Lipinski definition) is 4. The Morgan fingerprint density at radius 3 is 1.79 bits per heavy atom. The van der Waals surface area contributed by atoms with Crippen LogP contribution in [0.3, 0.4) is 0 Å². The average molecular weight is 349 g/mol. The third kappa shape index (κ3) is 3.48. The van der Waals surface area contributed by atoms with E-state index in [2.05, 4.69) is 4.72 Å². The van der Waals surface area contributed by atoms with Crippen LogP contribution in [-0.2, 0) is 10.0 Å². The van der Waals surface area contributed by atoms with Gasteiger partial charge in [0.15, 0.2) is 11.5 Å². The lowest BCUT2D eigenvalue weighted by molar-refractivity contribution is 0.355. The van der Waals surface area contributed by atoms with Gasteiger partial charge >= 0.3 is 0 Å². The molecule has 0 saturated carbocycles. The second-order valence-corrected chi connectivity index (χ2v) is 7.47. The van der Waals surface area contributed by atoms with Crippen molar-refractivity contribution in [2.75, 3.05) is 18.9 Å². The van der Waals surface area contributed by atoms with E-state index in [1.807, 2.05) is 26.0 Å². The quantitative estimate of drug-likeness (QED) is 0.893. The topological polar surface area (TPSA) is 64.6 Å². The number of nitrogens with one attached hydrogen (secondary N) is 1. The van der Waals surface area contributed by atoms with Crippen molar-refractivity contribution in [1.29, 1.82) is 0 Å². The third-order valence-corrected chi connectivity index (χ3v) is 5.52. The van der Waals surface area contributed by atoms with Gasteiger partial charge in [-0.25, -0.2) is 8.42 Å². The second kappa shape index (κ2) is 6.73. The minimum Gasteiger partial charge on any atom is -0.493 e. The summed E-state index contributed by atoms with van der Waals surface area (Å²) < 4.78 is 38.9. The van der Waals surface area contributed by atoms with Gasteiger partial charge in [0.2, 0.25) is 0 Å². The Morgan fingerprint density at radius 2 is 1.29 bits per heavy atom. The van der Waals surface area contributed by atoms with E-state index in [9.17, 15) is 8.42 Å². The summed E-state index contributed by atoms with van der Waals surface area (Å²) in [5, 5.41) is 0. The highest BCUT2D eigenvalue weighted by atomic mass is 32.2. The summed E-state index contributed by atoms with van der Waals surface area (Å²) in [6.07, 6.45) is 0. The number of ether oxygens (including phenoxy) is 2. The Labute approximate surface area is 143 Å². The second-order valence-electron chi connectivity index (χ2n) is 5.86. The van der Waals surface area contributed by atoms with Crippen molar-refractivity contribution >= 4 is 15.7 Å². The Hall–Kier alpha value is -2.21. The summed E-state index contributed by atoms with van der Waals surface area (Å²) >= 11 is 0. The molecule has 1 N–H and O–H groups in total. The van der Waals surface area contributed by atoms with Crippen LogP contribution in [-0.4, -0.2) is 22.6 Å². The van der Waals surface area contributed by atoms with Crippen molar-refractivity contribution in [3.05, 3.63) is 46.5 Å². The predicted octanol–water partition coefficient (Wildman–Crippen LogP) is 3.74. The first-order valence-electron chi connectivity index (χ1n) is 7.53. The molecule has 6 heteroatoms. The molecule has 0 atom stereocenters. The highest BCUT2D eigenvalue weighted by Crippen LogP contribution is 2.34. The largest absolute Gasteiger partial charge is 0.493 e. The third-order valence-electron chi connectivity index (χ3n) is 3.85. The Balaban J connectivity index is 2.51. The highest BCUT2D eigenvalue weighted by molar-refractivity contribution is 7.92. The number of benzene rings is 2. The van der Waals surface area contributed by atoms with E-state index >= 15 is 0 Å². The van der Waals surface area contributed by atoms with Crippen molar-refractivity contribution < 1.29 is 17.9 Å². The molecule has 2 aromatic rings. The van der Waals surface area contributed by atoms with Crippen LogP contribution in [0.1, 0.15) is 22.3 Å². The van der Waals surface area contributed by atoms with Crippen molar-refractivity contribution in [1.82, 2.24) is 0 Å². The molecule has 0 spiro atoms. The average Bonchev–Trinajstić information content (AvgIpc) is 2.47. The molecule has 0 aromatic heterocycles. The zero-order valence-corrected chi connectivity index (χ0v) is 15.7. The molecule has 5 nitrogen and oxygen atoms in total. The van der Waals surface area contributed by atoms with Gasteiger partial charge in [0.1, 0.15) is 0 Å². The smallest absolute Gasteiger partial charge is 0.262 e. The molecule has 0 aliphatic rings. The zero-order chi connectivity index (χ0) is 18.1. The molecule has 0 fully saturated rings. The van der Waals surface area contributed by atoms with Crippen LogP contribution in [0.4, 0.5) is 5.69 Å². The van der Waals surface area contributed by atoms with Gasteiger partial charge in [0.05, 0.1) is 24.8 Å². The summed E-state index contributed by atoms with van der Waals surface area (Å²) in [6.45, 7) is 7.36. The SMILES string of the molecule is COc1cc(C)c(NS(=O)(=O)c2c(C)cc(C)cc2C)cc1OC. The van der Waals surface area contributed by atoms with Crippen LogP contribution in [0, 0.1) is 27.7 Å². The molecule has 0 radical (unpaired) electrons. The van der Waals surface area contributed by atoms with Crippen LogP contribution in [0.5, 0.6) is 11.5 Å². The van der Waals surface area contributed by atoms with Crippen molar-refractivity contribution in [3.8, 4) is 11.5 Å². The molecule has 24 heavy (non-hydrogen) atoms. The van der Waals surface area contributed by atoms with Gasteiger partial charge in [-0.1, -0.05) is 17.7 Å². The highest BCUT2D eigenvalue weighted by Gasteiger charge is 2.21. The maximum Gasteiger partial charge on any atom is 0.262 e. The lowest BCUT2D eigenvalue weighted by Crippen LogP contribution is -2.16. The van der Waals surface area contributed by atoms with E-state index < -0.39 is 10.0 Å². The number of methoxy groups -OCH3 is 2. The standard InChI is InChI=1S/C18H23NO4S/c1-11-7-13(3)18(14(4)8-11)24(20,21)19-15-10-17(23-6)16(22-5)9-12(15)2/h7-10,19H,1-6H3. The summed E-state index contributed by atoms with van der Waals surface area (Å²) in [5.74, 6) is 1.03.